The summed E-state index contributed by atoms with van der Waals surface area (Å²) >= 11 is 0. The third kappa shape index (κ3) is 4.83. The molecule has 1 aliphatic carbocycles. The summed E-state index contributed by atoms with van der Waals surface area (Å²) < 4.78 is 0. The van der Waals surface area contributed by atoms with Crippen molar-refractivity contribution in [2.75, 3.05) is 32.7 Å². The van der Waals surface area contributed by atoms with Gasteiger partial charge in [0.2, 0.25) is 5.91 Å². The number of hydrogen-bond acceptors (Lipinski definition) is 3. The fourth-order valence-electron chi connectivity index (χ4n) is 4.98. The van der Waals surface area contributed by atoms with E-state index >= 15 is 0 Å². The van der Waals surface area contributed by atoms with Gasteiger partial charge >= 0.3 is 0 Å². The standard InChI is InChI=1S/C18H33N3O.ClH/c19-10-9-15-5-3-11-20(13-15)14-18(22)21-12-4-7-16-6-1-2-8-17(16)21;/h15-17H,1-14,19H2;1H. The van der Waals surface area contributed by atoms with E-state index in [0.29, 0.717) is 24.4 Å². The van der Waals surface area contributed by atoms with Crippen LogP contribution in [0.2, 0.25) is 0 Å². The highest BCUT2D eigenvalue weighted by atomic mass is 35.5. The molecular weight excluding hydrogens is 310 g/mol. The zero-order valence-corrected chi connectivity index (χ0v) is 15.2. The van der Waals surface area contributed by atoms with Crippen molar-refractivity contribution in [3.63, 3.8) is 0 Å². The number of halogens is 1. The molecule has 1 amide bonds. The van der Waals surface area contributed by atoms with Crippen molar-refractivity contribution in [2.24, 2.45) is 17.6 Å². The number of amides is 1. The minimum absolute atomic E-state index is 0. The summed E-state index contributed by atoms with van der Waals surface area (Å²) in [4.78, 5) is 17.5. The van der Waals surface area contributed by atoms with Crippen molar-refractivity contribution in [1.29, 1.82) is 0 Å². The number of carbonyl (C=O) groups excluding carboxylic acids is 1. The van der Waals surface area contributed by atoms with Crippen LogP contribution in [0.4, 0.5) is 0 Å². The SMILES string of the molecule is Cl.NCCC1CCCN(CC(=O)N2CCCC3CCCCC32)C1. The van der Waals surface area contributed by atoms with Gasteiger partial charge in [-0.25, -0.2) is 0 Å². The maximum atomic E-state index is 12.8. The molecule has 0 bridgehead atoms. The number of carbonyl (C=O) groups is 1. The Balaban J connectivity index is 0.00000192. The summed E-state index contributed by atoms with van der Waals surface area (Å²) in [7, 11) is 0. The second kappa shape index (κ2) is 9.24. The molecule has 5 heteroatoms. The molecular formula is C18H34ClN3O. The van der Waals surface area contributed by atoms with Crippen LogP contribution in [0.3, 0.4) is 0 Å². The highest BCUT2D eigenvalue weighted by Gasteiger charge is 2.36. The van der Waals surface area contributed by atoms with Gasteiger partial charge in [-0.05, 0) is 69.9 Å². The minimum atomic E-state index is 0. The van der Waals surface area contributed by atoms with Crippen LogP contribution < -0.4 is 5.73 Å². The van der Waals surface area contributed by atoms with E-state index in [1.165, 1.54) is 51.4 Å². The molecule has 3 fully saturated rings. The van der Waals surface area contributed by atoms with E-state index in [4.69, 9.17) is 5.73 Å². The van der Waals surface area contributed by atoms with E-state index in [1.54, 1.807) is 0 Å². The second-order valence-corrected chi connectivity index (χ2v) is 7.66. The maximum Gasteiger partial charge on any atom is 0.237 e. The van der Waals surface area contributed by atoms with E-state index in [0.717, 1.165) is 38.5 Å². The zero-order chi connectivity index (χ0) is 15.4. The van der Waals surface area contributed by atoms with Gasteiger partial charge in [0.25, 0.3) is 0 Å². The van der Waals surface area contributed by atoms with Gasteiger partial charge < -0.3 is 10.6 Å². The van der Waals surface area contributed by atoms with Gasteiger partial charge in [0.1, 0.15) is 0 Å². The van der Waals surface area contributed by atoms with Crippen LogP contribution in [0.15, 0.2) is 0 Å². The predicted molar refractivity (Wildman–Crippen MR) is 96.8 cm³/mol. The van der Waals surface area contributed by atoms with Crippen molar-refractivity contribution in [3.8, 4) is 0 Å². The number of piperidine rings is 2. The molecule has 0 spiro atoms. The number of nitrogens with zero attached hydrogens (tertiary/aromatic N) is 2. The monoisotopic (exact) mass is 343 g/mol. The largest absolute Gasteiger partial charge is 0.338 e. The summed E-state index contributed by atoms with van der Waals surface area (Å²) in [6.45, 7) is 4.59. The number of likely N-dealkylation sites (tertiary alicyclic amines) is 2. The average Bonchev–Trinajstić information content (AvgIpc) is 2.55. The van der Waals surface area contributed by atoms with Gasteiger partial charge in [-0.1, -0.05) is 12.8 Å². The number of fused-ring (bicyclic) bond motifs is 1. The van der Waals surface area contributed by atoms with E-state index in [2.05, 4.69) is 9.80 Å². The average molecular weight is 344 g/mol. The molecule has 3 aliphatic rings. The van der Waals surface area contributed by atoms with Crippen LogP contribution in [-0.2, 0) is 4.79 Å². The van der Waals surface area contributed by atoms with Crippen molar-refractivity contribution in [3.05, 3.63) is 0 Å². The van der Waals surface area contributed by atoms with Crippen LogP contribution >= 0.6 is 12.4 Å². The highest BCUT2D eigenvalue weighted by Crippen LogP contribution is 2.35. The number of hydrogen-bond donors (Lipinski definition) is 1. The lowest BCUT2D eigenvalue weighted by atomic mass is 9.78. The molecule has 2 heterocycles. The Labute approximate surface area is 147 Å². The molecule has 23 heavy (non-hydrogen) atoms. The molecule has 1 saturated carbocycles. The van der Waals surface area contributed by atoms with Gasteiger partial charge in [0, 0.05) is 19.1 Å². The highest BCUT2D eigenvalue weighted by molar-refractivity contribution is 5.85. The normalized spacial score (nSPS) is 32.0. The Bertz CT molecular complexity index is 375. The lowest BCUT2D eigenvalue weighted by Gasteiger charge is -2.45. The molecule has 0 aromatic carbocycles. The Morgan fingerprint density at radius 3 is 2.57 bits per heavy atom. The Hall–Kier alpha value is -0.320. The summed E-state index contributed by atoms with van der Waals surface area (Å²) in [5.41, 5.74) is 5.70. The predicted octanol–water partition coefficient (Wildman–Crippen LogP) is 2.65. The molecule has 2 aliphatic heterocycles. The first-order chi connectivity index (χ1) is 10.8. The molecule has 0 aromatic heterocycles. The van der Waals surface area contributed by atoms with Crippen molar-refractivity contribution in [2.45, 2.75) is 63.8 Å². The van der Waals surface area contributed by atoms with Crippen LogP contribution in [0.5, 0.6) is 0 Å². The summed E-state index contributed by atoms with van der Waals surface area (Å²) in [6.07, 6.45) is 11.4. The van der Waals surface area contributed by atoms with Gasteiger partial charge in [0.05, 0.1) is 6.54 Å². The van der Waals surface area contributed by atoms with Crippen LogP contribution in [0.25, 0.3) is 0 Å². The molecule has 0 radical (unpaired) electrons. The number of nitrogens with two attached hydrogens (primary N) is 1. The fourth-order valence-corrected chi connectivity index (χ4v) is 4.98. The van der Waals surface area contributed by atoms with Crippen molar-refractivity contribution < 1.29 is 4.79 Å². The molecule has 3 unspecified atom stereocenters. The van der Waals surface area contributed by atoms with E-state index in [1.807, 2.05) is 0 Å². The minimum Gasteiger partial charge on any atom is -0.338 e. The van der Waals surface area contributed by atoms with Gasteiger partial charge in [-0.15, -0.1) is 12.4 Å². The third-order valence-corrected chi connectivity index (χ3v) is 6.10. The van der Waals surface area contributed by atoms with Crippen LogP contribution in [0.1, 0.15) is 57.8 Å². The third-order valence-electron chi connectivity index (χ3n) is 6.10. The Morgan fingerprint density at radius 1 is 1.00 bits per heavy atom. The van der Waals surface area contributed by atoms with Crippen LogP contribution in [-0.4, -0.2) is 54.5 Å². The van der Waals surface area contributed by atoms with E-state index in [-0.39, 0.29) is 12.4 Å². The first kappa shape index (κ1) is 19.0. The quantitative estimate of drug-likeness (QED) is 0.853. The van der Waals surface area contributed by atoms with Crippen molar-refractivity contribution >= 4 is 18.3 Å². The Morgan fingerprint density at radius 2 is 1.74 bits per heavy atom. The first-order valence-corrected chi connectivity index (χ1v) is 9.50. The molecule has 2 N–H and O–H groups in total. The molecule has 2 saturated heterocycles. The summed E-state index contributed by atoms with van der Waals surface area (Å²) in [5, 5.41) is 0. The molecule has 3 rings (SSSR count). The first-order valence-electron chi connectivity index (χ1n) is 9.50. The smallest absolute Gasteiger partial charge is 0.237 e. The fraction of sp³-hybridized carbons (Fsp3) is 0.944. The zero-order valence-electron chi connectivity index (χ0n) is 14.4. The Kier molecular flexibility index (Phi) is 7.64. The lowest BCUT2D eigenvalue weighted by molar-refractivity contribution is -0.139. The van der Waals surface area contributed by atoms with E-state index < -0.39 is 0 Å². The van der Waals surface area contributed by atoms with E-state index in [9.17, 15) is 4.79 Å². The second-order valence-electron chi connectivity index (χ2n) is 7.66. The summed E-state index contributed by atoms with van der Waals surface area (Å²) in [5.74, 6) is 1.89. The van der Waals surface area contributed by atoms with Crippen molar-refractivity contribution in [1.82, 2.24) is 9.80 Å². The lowest BCUT2D eigenvalue weighted by Crippen LogP contribution is -2.53. The molecule has 134 valence electrons. The van der Waals surface area contributed by atoms with Gasteiger partial charge in [-0.3, -0.25) is 9.69 Å². The van der Waals surface area contributed by atoms with Gasteiger partial charge in [0.15, 0.2) is 0 Å². The summed E-state index contributed by atoms with van der Waals surface area (Å²) in [6, 6.07) is 0.555. The maximum absolute atomic E-state index is 12.8. The molecule has 3 atom stereocenters. The number of rotatable bonds is 4. The molecule has 4 nitrogen and oxygen atoms in total. The molecule has 0 aromatic rings. The van der Waals surface area contributed by atoms with Gasteiger partial charge in [-0.2, -0.15) is 0 Å². The topological polar surface area (TPSA) is 49.6 Å². The van der Waals surface area contributed by atoms with Crippen LogP contribution in [0, 0.1) is 11.8 Å².